The maximum Gasteiger partial charge on any atom is 0.270 e. The van der Waals surface area contributed by atoms with E-state index < -0.39 is 9.85 Å². The third kappa shape index (κ3) is 3.03. The first-order chi connectivity index (χ1) is 7.00. The molecule has 0 spiro atoms. The smallest absolute Gasteiger partial charge is 0.259 e. The van der Waals surface area contributed by atoms with Crippen molar-refractivity contribution in [2.75, 3.05) is 0 Å². The summed E-state index contributed by atoms with van der Waals surface area (Å²) in [6.45, 7) is 0. The van der Waals surface area contributed by atoms with Gasteiger partial charge in [0.2, 0.25) is 6.20 Å². The molecule has 1 rings (SSSR count). The highest BCUT2D eigenvalue weighted by atomic mass is 35.5. The van der Waals surface area contributed by atoms with E-state index in [9.17, 15) is 20.2 Å². The van der Waals surface area contributed by atoms with Gasteiger partial charge in [0, 0.05) is 28.8 Å². The number of non-ortho nitro benzene ring substituents is 1. The molecule has 0 bridgehead atoms. The first-order valence-electron chi connectivity index (χ1n) is 3.76. The Morgan fingerprint density at radius 2 is 1.93 bits per heavy atom. The second kappa shape index (κ2) is 4.52. The number of nitro benzene ring substituents is 1. The largest absolute Gasteiger partial charge is 0.270 e. The second-order valence-electron chi connectivity index (χ2n) is 2.56. The highest BCUT2D eigenvalue weighted by Gasteiger charge is 2.08. The molecule has 78 valence electrons. The van der Waals surface area contributed by atoms with Crippen LogP contribution in [0.1, 0.15) is 5.56 Å². The zero-order chi connectivity index (χ0) is 11.4. The summed E-state index contributed by atoms with van der Waals surface area (Å²) < 4.78 is 0. The van der Waals surface area contributed by atoms with Gasteiger partial charge >= 0.3 is 0 Å². The third-order valence-electron chi connectivity index (χ3n) is 1.57. The van der Waals surface area contributed by atoms with Crippen molar-refractivity contribution < 1.29 is 9.85 Å². The van der Waals surface area contributed by atoms with Crippen molar-refractivity contribution in [3.05, 3.63) is 55.2 Å². The Hall–Kier alpha value is -1.95. The van der Waals surface area contributed by atoms with Gasteiger partial charge in [-0.15, -0.1) is 0 Å². The Morgan fingerprint density at radius 3 is 2.47 bits per heavy atom. The summed E-state index contributed by atoms with van der Waals surface area (Å²) >= 11 is 5.69. The average Bonchev–Trinajstić information content (AvgIpc) is 2.16. The molecule has 0 aliphatic carbocycles. The molecule has 0 amide bonds. The Labute approximate surface area is 89.1 Å². The van der Waals surface area contributed by atoms with E-state index in [1.54, 1.807) is 0 Å². The fraction of sp³-hybridized carbons (Fsp3) is 0. The van der Waals surface area contributed by atoms with Crippen LogP contribution in [0, 0.1) is 20.2 Å². The topological polar surface area (TPSA) is 86.3 Å². The lowest BCUT2D eigenvalue weighted by atomic mass is 10.2. The Kier molecular flexibility index (Phi) is 3.35. The monoisotopic (exact) mass is 228 g/mol. The number of halogens is 1. The van der Waals surface area contributed by atoms with Gasteiger partial charge in [-0.25, -0.2) is 0 Å². The van der Waals surface area contributed by atoms with Crippen LogP contribution >= 0.6 is 11.6 Å². The fourth-order valence-electron chi connectivity index (χ4n) is 0.914. The number of benzene rings is 1. The minimum Gasteiger partial charge on any atom is -0.259 e. The van der Waals surface area contributed by atoms with Crippen LogP contribution in [0.5, 0.6) is 0 Å². The highest BCUT2D eigenvalue weighted by molar-refractivity contribution is 6.32. The summed E-state index contributed by atoms with van der Waals surface area (Å²) in [5.41, 5.74) is 0.0740. The number of rotatable bonds is 3. The van der Waals surface area contributed by atoms with E-state index in [0.29, 0.717) is 6.20 Å². The van der Waals surface area contributed by atoms with E-state index in [4.69, 9.17) is 11.6 Å². The predicted octanol–water partition coefficient (Wildman–Crippen LogP) is 2.50. The van der Waals surface area contributed by atoms with E-state index >= 15 is 0 Å². The summed E-state index contributed by atoms with van der Waals surface area (Å²) in [4.78, 5) is 19.2. The van der Waals surface area contributed by atoms with Crippen LogP contribution < -0.4 is 0 Å². The molecule has 1 aromatic rings. The quantitative estimate of drug-likeness (QED) is 0.587. The van der Waals surface area contributed by atoms with E-state index in [-0.39, 0.29) is 16.3 Å². The van der Waals surface area contributed by atoms with Gasteiger partial charge < -0.3 is 0 Å². The SMILES string of the molecule is O=[N+]([O-])/C=C/c1cc([N+](=O)[O-])ccc1Cl. The molecule has 15 heavy (non-hydrogen) atoms. The molecule has 0 saturated carbocycles. The van der Waals surface area contributed by atoms with Crippen LogP contribution in [0.3, 0.4) is 0 Å². The molecular weight excluding hydrogens is 224 g/mol. The van der Waals surface area contributed by atoms with Crippen molar-refractivity contribution in [3.8, 4) is 0 Å². The molecule has 0 aliphatic heterocycles. The van der Waals surface area contributed by atoms with E-state index in [1.165, 1.54) is 18.2 Å². The molecule has 0 atom stereocenters. The van der Waals surface area contributed by atoms with Gasteiger partial charge in [-0.05, 0) is 6.07 Å². The van der Waals surface area contributed by atoms with Crippen molar-refractivity contribution in [3.63, 3.8) is 0 Å². The molecule has 1 aromatic carbocycles. The first-order valence-corrected chi connectivity index (χ1v) is 4.14. The maximum absolute atomic E-state index is 10.4. The summed E-state index contributed by atoms with van der Waals surface area (Å²) in [7, 11) is 0. The van der Waals surface area contributed by atoms with Gasteiger partial charge in [-0.3, -0.25) is 20.2 Å². The lowest BCUT2D eigenvalue weighted by molar-refractivity contribution is -0.400. The molecule has 6 nitrogen and oxygen atoms in total. The van der Waals surface area contributed by atoms with Crippen LogP contribution in [0.25, 0.3) is 6.08 Å². The predicted molar refractivity (Wildman–Crippen MR) is 54.1 cm³/mol. The fourth-order valence-corrected chi connectivity index (χ4v) is 1.09. The number of hydrogen-bond donors (Lipinski definition) is 0. The minimum atomic E-state index is -0.671. The van der Waals surface area contributed by atoms with Gasteiger partial charge in [0.05, 0.1) is 9.85 Å². The molecule has 7 heteroatoms. The van der Waals surface area contributed by atoms with Gasteiger partial charge in [-0.2, -0.15) is 0 Å². The van der Waals surface area contributed by atoms with Crippen LogP contribution in [0.15, 0.2) is 24.4 Å². The van der Waals surface area contributed by atoms with Crippen LogP contribution in [0.4, 0.5) is 5.69 Å². The Bertz CT molecular complexity index is 444. The number of nitro groups is 2. The number of nitrogens with zero attached hydrogens (tertiary/aromatic N) is 2. The first kappa shape index (κ1) is 11.1. The van der Waals surface area contributed by atoms with Crippen molar-refractivity contribution in [1.82, 2.24) is 0 Å². The van der Waals surface area contributed by atoms with Crippen LogP contribution in [-0.2, 0) is 0 Å². The second-order valence-corrected chi connectivity index (χ2v) is 2.97. The van der Waals surface area contributed by atoms with Crippen molar-refractivity contribution >= 4 is 23.4 Å². The number of hydrogen-bond acceptors (Lipinski definition) is 4. The molecule has 0 fully saturated rings. The molecular formula is C8H5ClN2O4. The van der Waals surface area contributed by atoms with Gasteiger partial charge in [0.25, 0.3) is 5.69 Å². The van der Waals surface area contributed by atoms with Crippen molar-refractivity contribution in [2.45, 2.75) is 0 Å². The molecule has 0 aromatic heterocycles. The summed E-state index contributed by atoms with van der Waals surface area (Å²) in [5, 5.41) is 20.7. The molecule has 0 radical (unpaired) electrons. The molecule has 0 unspecified atom stereocenters. The van der Waals surface area contributed by atoms with E-state index in [1.807, 2.05) is 0 Å². The summed E-state index contributed by atoms with van der Waals surface area (Å²) in [6.07, 6.45) is 1.78. The average molecular weight is 229 g/mol. The Morgan fingerprint density at radius 1 is 1.27 bits per heavy atom. The highest BCUT2D eigenvalue weighted by Crippen LogP contribution is 2.22. The molecule has 0 aliphatic rings. The molecule has 0 N–H and O–H groups in total. The van der Waals surface area contributed by atoms with Crippen molar-refractivity contribution in [2.24, 2.45) is 0 Å². The van der Waals surface area contributed by atoms with E-state index in [2.05, 4.69) is 0 Å². The van der Waals surface area contributed by atoms with Crippen LogP contribution in [0.2, 0.25) is 5.02 Å². The third-order valence-corrected chi connectivity index (χ3v) is 1.91. The lowest BCUT2D eigenvalue weighted by Crippen LogP contribution is -1.89. The molecule has 0 heterocycles. The summed E-state index contributed by atoms with van der Waals surface area (Å²) in [5.74, 6) is 0. The van der Waals surface area contributed by atoms with E-state index in [0.717, 1.165) is 6.08 Å². The minimum absolute atomic E-state index is 0.164. The standard InChI is InChI=1S/C8H5ClN2O4/c9-8-2-1-7(11(14)15)5-6(8)3-4-10(12)13/h1-5H/b4-3+. The van der Waals surface area contributed by atoms with Gasteiger partial charge in [-0.1, -0.05) is 11.6 Å². The normalized spacial score (nSPS) is 10.5. The zero-order valence-corrected chi connectivity index (χ0v) is 8.05. The maximum atomic E-state index is 10.4. The summed E-state index contributed by atoms with van der Waals surface area (Å²) in [6, 6.07) is 3.72. The Balaban J connectivity index is 3.11. The van der Waals surface area contributed by atoms with Crippen molar-refractivity contribution in [1.29, 1.82) is 0 Å². The van der Waals surface area contributed by atoms with Gasteiger partial charge in [0.1, 0.15) is 0 Å². The zero-order valence-electron chi connectivity index (χ0n) is 7.29. The lowest BCUT2D eigenvalue weighted by Gasteiger charge is -1.96. The van der Waals surface area contributed by atoms with Gasteiger partial charge in [0.15, 0.2) is 0 Å². The molecule has 0 saturated heterocycles. The van der Waals surface area contributed by atoms with Crippen LogP contribution in [-0.4, -0.2) is 9.85 Å².